The Bertz CT molecular complexity index is 204. The number of carbonyl (C=O) groups excluding carboxylic acids is 1. The molecule has 0 saturated carbocycles. The van der Waals surface area contributed by atoms with Crippen LogP contribution in [0.3, 0.4) is 0 Å². The molecule has 3 nitrogen and oxygen atoms in total. The second-order valence-corrected chi connectivity index (χ2v) is 3.83. The van der Waals surface area contributed by atoms with Crippen molar-refractivity contribution in [3.63, 3.8) is 0 Å². The zero-order valence-corrected chi connectivity index (χ0v) is 7.63. The van der Waals surface area contributed by atoms with Gasteiger partial charge >= 0.3 is 0 Å². The van der Waals surface area contributed by atoms with Crippen molar-refractivity contribution in [3.8, 4) is 0 Å². The molecule has 2 heterocycles. The van der Waals surface area contributed by atoms with Gasteiger partial charge in [0.1, 0.15) is 6.17 Å². The molecule has 4 heteroatoms. The van der Waals surface area contributed by atoms with Crippen molar-refractivity contribution in [2.75, 3.05) is 19.6 Å². The summed E-state index contributed by atoms with van der Waals surface area (Å²) in [7, 11) is 0. The largest absolute Gasteiger partial charge is 0.341 e. The highest BCUT2D eigenvalue weighted by molar-refractivity contribution is 5.82. The smallest absolute Gasteiger partial charge is 0.239 e. The lowest BCUT2D eigenvalue weighted by molar-refractivity contribution is -0.132. The molecule has 13 heavy (non-hydrogen) atoms. The van der Waals surface area contributed by atoms with Crippen molar-refractivity contribution >= 4 is 5.91 Å². The van der Waals surface area contributed by atoms with Gasteiger partial charge in [-0.15, -0.1) is 0 Å². The van der Waals surface area contributed by atoms with Crippen LogP contribution in [0.25, 0.3) is 0 Å². The van der Waals surface area contributed by atoms with Crippen LogP contribution in [0, 0.1) is 0 Å². The zero-order chi connectivity index (χ0) is 9.26. The summed E-state index contributed by atoms with van der Waals surface area (Å²) in [6, 6.07) is -0.256. The average molecular weight is 186 g/mol. The third-order valence-electron chi connectivity index (χ3n) is 2.79. The summed E-state index contributed by atoms with van der Waals surface area (Å²) in [5.74, 6) is 0.0950. The van der Waals surface area contributed by atoms with Gasteiger partial charge in [0.2, 0.25) is 5.91 Å². The third kappa shape index (κ3) is 1.82. The fraction of sp³-hybridized carbons (Fsp3) is 0.889. The van der Waals surface area contributed by atoms with E-state index < -0.39 is 6.17 Å². The van der Waals surface area contributed by atoms with Crippen LogP contribution in [0.2, 0.25) is 0 Å². The van der Waals surface area contributed by atoms with E-state index in [1.165, 1.54) is 0 Å². The number of carbonyl (C=O) groups is 1. The van der Waals surface area contributed by atoms with Crippen LogP contribution < -0.4 is 5.32 Å². The predicted molar refractivity (Wildman–Crippen MR) is 47.1 cm³/mol. The summed E-state index contributed by atoms with van der Waals surface area (Å²) in [5, 5.41) is 2.92. The molecular weight excluding hydrogens is 171 g/mol. The van der Waals surface area contributed by atoms with E-state index in [9.17, 15) is 9.18 Å². The first-order valence-electron chi connectivity index (χ1n) is 4.93. The Morgan fingerprint density at radius 1 is 1.38 bits per heavy atom. The van der Waals surface area contributed by atoms with Gasteiger partial charge in [0.05, 0.1) is 6.04 Å². The Hall–Kier alpha value is -0.640. The molecule has 0 bridgehead atoms. The van der Waals surface area contributed by atoms with E-state index in [1.54, 1.807) is 0 Å². The normalized spacial score (nSPS) is 34.1. The van der Waals surface area contributed by atoms with E-state index in [1.807, 2.05) is 4.90 Å². The summed E-state index contributed by atoms with van der Waals surface area (Å²) in [6.45, 7) is 2.05. The number of hydrogen-bond acceptors (Lipinski definition) is 2. The number of amides is 1. The van der Waals surface area contributed by atoms with Gasteiger partial charge in [-0.25, -0.2) is 4.39 Å². The van der Waals surface area contributed by atoms with Gasteiger partial charge in [-0.1, -0.05) is 0 Å². The highest BCUT2D eigenvalue weighted by Gasteiger charge is 2.32. The minimum absolute atomic E-state index is 0.0950. The third-order valence-corrected chi connectivity index (χ3v) is 2.79. The lowest BCUT2D eigenvalue weighted by Gasteiger charge is -2.19. The second-order valence-electron chi connectivity index (χ2n) is 3.83. The van der Waals surface area contributed by atoms with Crippen molar-refractivity contribution in [1.82, 2.24) is 10.2 Å². The summed E-state index contributed by atoms with van der Waals surface area (Å²) >= 11 is 0. The van der Waals surface area contributed by atoms with E-state index in [-0.39, 0.29) is 11.9 Å². The first kappa shape index (κ1) is 8.94. The first-order chi connectivity index (χ1) is 6.27. The molecule has 2 saturated heterocycles. The quantitative estimate of drug-likeness (QED) is 0.639. The van der Waals surface area contributed by atoms with E-state index in [2.05, 4.69) is 5.32 Å². The summed E-state index contributed by atoms with van der Waals surface area (Å²) in [4.78, 5) is 13.5. The zero-order valence-electron chi connectivity index (χ0n) is 7.63. The fourth-order valence-corrected chi connectivity index (χ4v) is 2.04. The highest BCUT2D eigenvalue weighted by Crippen LogP contribution is 2.15. The van der Waals surface area contributed by atoms with Crippen LogP contribution in [0.5, 0.6) is 0 Å². The molecule has 1 amide bonds. The predicted octanol–water partition coefficient (Wildman–Crippen LogP) is 0.309. The van der Waals surface area contributed by atoms with E-state index >= 15 is 0 Å². The minimum Gasteiger partial charge on any atom is -0.341 e. The number of nitrogens with one attached hydrogen (secondary N) is 1. The first-order valence-corrected chi connectivity index (χ1v) is 4.93. The van der Waals surface area contributed by atoms with Gasteiger partial charge in [-0.2, -0.15) is 0 Å². The maximum absolute atomic E-state index is 12.8. The highest BCUT2D eigenvalue weighted by atomic mass is 19.1. The van der Waals surface area contributed by atoms with E-state index in [4.69, 9.17) is 0 Å². The average Bonchev–Trinajstić information content (AvgIpc) is 2.72. The number of halogens is 1. The summed E-state index contributed by atoms with van der Waals surface area (Å²) in [5.41, 5.74) is 0. The molecule has 0 radical (unpaired) electrons. The van der Waals surface area contributed by atoms with E-state index in [0.717, 1.165) is 25.9 Å². The Morgan fingerprint density at radius 2 is 2.08 bits per heavy atom. The molecule has 0 aromatic carbocycles. The minimum atomic E-state index is -0.837. The number of nitrogens with zero attached hydrogens (tertiary/aromatic N) is 1. The number of alkyl halides is 1. The van der Waals surface area contributed by atoms with Crippen molar-refractivity contribution in [2.45, 2.75) is 31.5 Å². The van der Waals surface area contributed by atoms with Gasteiger partial charge in [0.15, 0.2) is 0 Å². The molecular formula is C9H15FN2O. The molecule has 2 rings (SSSR count). The second kappa shape index (κ2) is 3.62. The monoisotopic (exact) mass is 186 g/mol. The molecule has 2 fully saturated rings. The van der Waals surface area contributed by atoms with Crippen LogP contribution in [0.1, 0.15) is 19.3 Å². The van der Waals surface area contributed by atoms with Crippen LogP contribution in [-0.4, -0.2) is 42.7 Å². The Kier molecular flexibility index (Phi) is 2.49. The molecule has 1 N–H and O–H groups in total. The van der Waals surface area contributed by atoms with Crippen LogP contribution in [-0.2, 0) is 4.79 Å². The lowest BCUT2D eigenvalue weighted by Crippen LogP contribution is -2.42. The van der Waals surface area contributed by atoms with Crippen molar-refractivity contribution in [2.24, 2.45) is 0 Å². The molecule has 74 valence electrons. The number of rotatable bonds is 1. The molecule has 0 aromatic rings. The maximum Gasteiger partial charge on any atom is 0.239 e. The van der Waals surface area contributed by atoms with Crippen LogP contribution in [0.4, 0.5) is 4.39 Å². The van der Waals surface area contributed by atoms with E-state index in [0.29, 0.717) is 13.0 Å². The van der Waals surface area contributed by atoms with Crippen molar-refractivity contribution < 1.29 is 9.18 Å². The molecule has 0 spiro atoms. The standard InChI is InChI=1S/C9H15FN2O/c10-7-5-8(11-6-7)9(13)12-3-1-2-4-12/h7-8,11H,1-6H2/t7-,8-/m0/s1. The van der Waals surface area contributed by atoms with Crippen LogP contribution >= 0.6 is 0 Å². The van der Waals surface area contributed by atoms with Crippen LogP contribution in [0.15, 0.2) is 0 Å². The number of hydrogen-bond donors (Lipinski definition) is 1. The molecule has 0 aromatic heterocycles. The van der Waals surface area contributed by atoms with Gasteiger partial charge in [0.25, 0.3) is 0 Å². The maximum atomic E-state index is 12.8. The van der Waals surface area contributed by atoms with Gasteiger partial charge in [-0.05, 0) is 12.8 Å². The molecule has 2 atom stereocenters. The Morgan fingerprint density at radius 3 is 2.62 bits per heavy atom. The van der Waals surface area contributed by atoms with Gasteiger partial charge in [0, 0.05) is 26.1 Å². The molecule has 0 aliphatic carbocycles. The molecule has 2 aliphatic rings. The van der Waals surface area contributed by atoms with Gasteiger partial charge in [-0.3, -0.25) is 4.79 Å². The molecule has 2 aliphatic heterocycles. The number of likely N-dealkylation sites (tertiary alicyclic amines) is 1. The SMILES string of the molecule is O=C([C@@H]1C[C@H](F)CN1)N1CCCC1. The lowest BCUT2D eigenvalue weighted by atomic mass is 10.2. The van der Waals surface area contributed by atoms with Crippen molar-refractivity contribution in [1.29, 1.82) is 0 Å². The summed E-state index contributed by atoms with van der Waals surface area (Å²) in [6.07, 6.45) is 1.71. The Balaban J connectivity index is 1.89. The molecule has 0 unspecified atom stereocenters. The Labute approximate surface area is 77.3 Å². The van der Waals surface area contributed by atoms with Gasteiger partial charge < -0.3 is 10.2 Å². The topological polar surface area (TPSA) is 32.3 Å². The van der Waals surface area contributed by atoms with Crippen molar-refractivity contribution in [3.05, 3.63) is 0 Å². The fourth-order valence-electron chi connectivity index (χ4n) is 2.04. The summed E-state index contributed by atoms with van der Waals surface area (Å²) < 4.78 is 12.8.